The maximum Gasteiger partial charge on any atom is 0.0122 e. The minimum atomic E-state index is 0.940. The first-order chi connectivity index (χ1) is 6.91. The fourth-order valence-corrected chi connectivity index (χ4v) is 1.50. The van der Waals surface area contributed by atoms with Crippen LogP contribution in [0.15, 0.2) is 0 Å². The Bertz CT molecular complexity index is 92.1. The highest BCUT2D eigenvalue weighted by Crippen LogP contribution is 2.07. The zero-order chi connectivity index (χ0) is 10.5. The Morgan fingerprint density at radius 2 is 1.50 bits per heavy atom. The van der Waals surface area contributed by atoms with Gasteiger partial charge in [-0.3, -0.25) is 0 Å². The van der Waals surface area contributed by atoms with E-state index in [9.17, 15) is 0 Å². The summed E-state index contributed by atoms with van der Waals surface area (Å²) in [6.07, 6.45) is 10.8. The summed E-state index contributed by atoms with van der Waals surface area (Å²) in [7, 11) is 0. The zero-order valence-electron chi connectivity index (χ0n) is 9.22. The van der Waals surface area contributed by atoms with Crippen molar-refractivity contribution in [3.05, 3.63) is 0 Å². The molecule has 0 bridgehead atoms. The van der Waals surface area contributed by atoms with Crippen LogP contribution in [0, 0.1) is 0 Å². The van der Waals surface area contributed by atoms with Crippen molar-refractivity contribution in [2.75, 3.05) is 6.54 Å². The van der Waals surface area contributed by atoms with Crippen LogP contribution in [0.25, 0.3) is 0 Å². The fraction of sp³-hybridized carbons (Fsp3) is 1.00. The first-order valence-corrected chi connectivity index (χ1v) is 6.06. The van der Waals surface area contributed by atoms with E-state index in [-0.39, 0.29) is 0 Å². The normalized spacial score (nSPS) is 10.7. The molecule has 3 nitrogen and oxygen atoms in total. The molecule has 0 heterocycles. The van der Waals surface area contributed by atoms with Gasteiger partial charge in [0.2, 0.25) is 0 Å². The van der Waals surface area contributed by atoms with E-state index in [4.69, 9.17) is 0 Å². The van der Waals surface area contributed by atoms with Crippen LogP contribution >= 0.6 is 12.9 Å². The molecule has 0 aromatic rings. The van der Waals surface area contributed by atoms with Crippen molar-refractivity contribution < 1.29 is 4.28 Å². The quantitative estimate of drug-likeness (QED) is 0.217. The van der Waals surface area contributed by atoms with E-state index in [0.717, 1.165) is 6.54 Å². The van der Waals surface area contributed by atoms with Crippen LogP contribution in [0.1, 0.15) is 58.3 Å². The standard InChI is InChI=1S/C10H24N2OS/c1-2-3-4-5-6-7-8-9-10-11-12-13-14/h11-12,14H,2-10H2,1H3. The number of hydrogen-bond acceptors (Lipinski definition) is 4. The molecule has 86 valence electrons. The third kappa shape index (κ3) is 12.2. The van der Waals surface area contributed by atoms with E-state index in [1.165, 1.54) is 51.4 Å². The summed E-state index contributed by atoms with van der Waals surface area (Å²) in [5.41, 5.74) is 5.38. The van der Waals surface area contributed by atoms with Crippen molar-refractivity contribution in [2.45, 2.75) is 58.3 Å². The molecule has 0 saturated carbocycles. The van der Waals surface area contributed by atoms with Gasteiger partial charge in [-0.05, 0) is 6.42 Å². The van der Waals surface area contributed by atoms with Crippen molar-refractivity contribution in [1.82, 2.24) is 11.0 Å². The molecule has 0 amide bonds. The molecule has 0 rings (SSSR count). The van der Waals surface area contributed by atoms with E-state index in [1.54, 1.807) is 0 Å². The van der Waals surface area contributed by atoms with Gasteiger partial charge in [-0.15, -0.1) is 5.59 Å². The number of hydrogen-bond donors (Lipinski definition) is 3. The first kappa shape index (κ1) is 14.2. The fourth-order valence-electron chi connectivity index (χ4n) is 1.43. The molecule has 4 heteroatoms. The lowest BCUT2D eigenvalue weighted by atomic mass is 10.1. The summed E-state index contributed by atoms with van der Waals surface area (Å²) in [5, 5.41) is 0. The Labute approximate surface area is 93.5 Å². The van der Waals surface area contributed by atoms with E-state index in [2.05, 4.69) is 35.1 Å². The third-order valence-electron chi connectivity index (χ3n) is 2.27. The van der Waals surface area contributed by atoms with Gasteiger partial charge in [-0.1, -0.05) is 51.9 Å². The van der Waals surface area contributed by atoms with Crippen LogP contribution in [-0.2, 0) is 4.28 Å². The van der Waals surface area contributed by atoms with Crippen LogP contribution in [0.2, 0.25) is 0 Å². The van der Waals surface area contributed by atoms with E-state index in [0.29, 0.717) is 0 Å². The number of nitrogens with one attached hydrogen (secondary N) is 2. The molecule has 0 fully saturated rings. The summed E-state index contributed by atoms with van der Waals surface area (Å²) < 4.78 is 4.35. The predicted octanol–water partition coefficient (Wildman–Crippen LogP) is 3.00. The second-order valence-electron chi connectivity index (χ2n) is 3.59. The second-order valence-corrected chi connectivity index (χ2v) is 3.78. The predicted molar refractivity (Wildman–Crippen MR) is 63.8 cm³/mol. The molecule has 0 spiro atoms. The number of rotatable bonds is 11. The Hall–Kier alpha value is 0.230. The van der Waals surface area contributed by atoms with Crippen LogP contribution in [0.5, 0.6) is 0 Å². The van der Waals surface area contributed by atoms with Crippen molar-refractivity contribution >= 4 is 12.9 Å². The molecule has 0 unspecified atom stereocenters. The van der Waals surface area contributed by atoms with Crippen molar-refractivity contribution in [3.8, 4) is 0 Å². The maximum absolute atomic E-state index is 4.35. The molecule has 0 aliphatic heterocycles. The van der Waals surface area contributed by atoms with Crippen LogP contribution in [0.4, 0.5) is 0 Å². The van der Waals surface area contributed by atoms with Crippen LogP contribution in [0.3, 0.4) is 0 Å². The molecule has 0 aromatic heterocycles. The van der Waals surface area contributed by atoms with Gasteiger partial charge >= 0.3 is 0 Å². The van der Waals surface area contributed by atoms with Gasteiger partial charge in [0.25, 0.3) is 0 Å². The lowest BCUT2D eigenvalue weighted by Gasteiger charge is -2.03. The summed E-state index contributed by atoms with van der Waals surface area (Å²) in [6.45, 7) is 3.19. The van der Waals surface area contributed by atoms with Gasteiger partial charge in [0.05, 0.1) is 0 Å². The Morgan fingerprint density at radius 1 is 0.929 bits per heavy atom. The van der Waals surface area contributed by atoms with Gasteiger partial charge in [-0.25, -0.2) is 9.71 Å². The average molecular weight is 220 g/mol. The van der Waals surface area contributed by atoms with Gasteiger partial charge in [0.15, 0.2) is 0 Å². The highest BCUT2D eigenvalue weighted by molar-refractivity contribution is 7.75. The summed E-state index contributed by atoms with van der Waals surface area (Å²) >= 11 is 3.54. The maximum atomic E-state index is 4.35. The largest absolute Gasteiger partial charge is 0.233 e. The molecule has 2 N–H and O–H groups in total. The van der Waals surface area contributed by atoms with Gasteiger partial charge < -0.3 is 0 Å². The van der Waals surface area contributed by atoms with Crippen molar-refractivity contribution in [2.24, 2.45) is 0 Å². The Kier molecular flexibility index (Phi) is 13.4. The van der Waals surface area contributed by atoms with Crippen molar-refractivity contribution in [3.63, 3.8) is 0 Å². The molecule has 0 atom stereocenters. The van der Waals surface area contributed by atoms with Gasteiger partial charge in [0.1, 0.15) is 0 Å². The monoisotopic (exact) mass is 220 g/mol. The van der Waals surface area contributed by atoms with E-state index in [1.807, 2.05) is 0 Å². The first-order valence-electron chi connectivity index (χ1n) is 5.70. The average Bonchev–Trinajstić information content (AvgIpc) is 2.21. The molecule has 0 saturated heterocycles. The number of thiol groups is 1. The van der Waals surface area contributed by atoms with E-state index >= 15 is 0 Å². The van der Waals surface area contributed by atoms with Gasteiger partial charge in [-0.2, -0.15) is 0 Å². The molecule has 0 radical (unpaired) electrons. The molecular weight excluding hydrogens is 196 g/mol. The SMILES string of the molecule is CCCCCCCCCCNNOS. The molecule has 14 heavy (non-hydrogen) atoms. The number of unbranched alkanes of at least 4 members (excludes halogenated alkanes) is 7. The molecule has 0 aliphatic carbocycles. The van der Waals surface area contributed by atoms with Crippen LogP contribution < -0.4 is 11.0 Å². The summed E-state index contributed by atoms with van der Waals surface area (Å²) in [5.74, 6) is 0. The van der Waals surface area contributed by atoms with Crippen LogP contribution in [-0.4, -0.2) is 6.54 Å². The molecule has 0 aromatic carbocycles. The molecule has 0 aliphatic rings. The number of hydrazine groups is 1. The Morgan fingerprint density at radius 3 is 2.07 bits per heavy atom. The third-order valence-corrected chi connectivity index (χ3v) is 2.36. The van der Waals surface area contributed by atoms with Gasteiger partial charge in [0, 0.05) is 19.5 Å². The molecular formula is C10H24N2OS. The lowest BCUT2D eigenvalue weighted by Crippen LogP contribution is -2.29. The highest BCUT2D eigenvalue weighted by Gasteiger charge is 1.90. The minimum absolute atomic E-state index is 0.940. The van der Waals surface area contributed by atoms with Crippen molar-refractivity contribution in [1.29, 1.82) is 0 Å². The smallest absolute Gasteiger partial charge is 0.0122 e. The Balaban J connectivity index is 2.78. The summed E-state index contributed by atoms with van der Waals surface area (Å²) in [4.78, 5) is 0. The zero-order valence-corrected chi connectivity index (χ0v) is 10.1. The highest BCUT2D eigenvalue weighted by atomic mass is 32.1. The van der Waals surface area contributed by atoms with E-state index < -0.39 is 0 Å². The summed E-state index contributed by atoms with van der Waals surface area (Å²) in [6, 6.07) is 0. The minimum Gasteiger partial charge on any atom is -0.233 e. The lowest BCUT2D eigenvalue weighted by molar-refractivity contribution is 0.188. The topological polar surface area (TPSA) is 33.3 Å². The second kappa shape index (κ2) is 13.2.